The van der Waals surface area contributed by atoms with Crippen molar-refractivity contribution in [3.63, 3.8) is 0 Å². The van der Waals surface area contributed by atoms with Gasteiger partial charge in [-0.2, -0.15) is 0 Å². The molecule has 0 bridgehead atoms. The van der Waals surface area contributed by atoms with Gasteiger partial charge in [-0.1, -0.05) is 18.7 Å². The van der Waals surface area contributed by atoms with E-state index in [1.165, 1.54) is 0 Å². The van der Waals surface area contributed by atoms with Crippen LogP contribution < -0.4 is 5.73 Å². The maximum absolute atomic E-state index is 9.00. The highest BCUT2D eigenvalue weighted by molar-refractivity contribution is 7.99. The van der Waals surface area contributed by atoms with E-state index in [4.69, 9.17) is 10.8 Å². The molecule has 1 atom stereocenters. The van der Waals surface area contributed by atoms with Crippen LogP contribution in [0.5, 0.6) is 0 Å². The molecule has 6 heteroatoms. The Labute approximate surface area is 96.1 Å². The summed E-state index contributed by atoms with van der Waals surface area (Å²) in [7, 11) is 0. The van der Waals surface area contributed by atoms with Crippen LogP contribution in [0.2, 0.25) is 0 Å². The van der Waals surface area contributed by atoms with Crippen LogP contribution >= 0.6 is 23.1 Å². The lowest BCUT2D eigenvalue weighted by atomic mass is 10.5. The fraction of sp³-hybridized carbons (Fsp3) is 0.444. The number of imidazole rings is 1. The molecule has 0 aliphatic heterocycles. The molecular formula is C9H13N3OS2. The molecule has 0 aromatic carbocycles. The number of fused-ring (bicyclic) bond motifs is 1. The molecule has 0 aliphatic carbocycles. The summed E-state index contributed by atoms with van der Waals surface area (Å²) in [5.74, 6) is 0. The largest absolute Gasteiger partial charge is 0.395 e. The van der Waals surface area contributed by atoms with Crippen molar-refractivity contribution in [2.45, 2.75) is 23.7 Å². The van der Waals surface area contributed by atoms with E-state index >= 15 is 0 Å². The van der Waals surface area contributed by atoms with Gasteiger partial charge in [0, 0.05) is 23.4 Å². The Morgan fingerprint density at radius 3 is 3.20 bits per heavy atom. The van der Waals surface area contributed by atoms with Crippen molar-refractivity contribution in [2.75, 3.05) is 6.61 Å². The van der Waals surface area contributed by atoms with E-state index < -0.39 is 0 Å². The second-order valence-electron chi connectivity index (χ2n) is 3.23. The minimum Gasteiger partial charge on any atom is -0.395 e. The molecule has 82 valence electrons. The molecule has 1 unspecified atom stereocenters. The van der Waals surface area contributed by atoms with Gasteiger partial charge in [0.15, 0.2) is 4.96 Å². The van der Waals surface area contributed by atoms with Crippen molar-refractivity contribution < 1.29 is 5.11 Å². The molecule has 2 rings (SSSR count). The summed E-state index contributed by atoms with van der Waals surface area (Å²) in [5.41, 5.74) is 6.73. The van der Waals surface area contributed by atoms with Crippen LogP contribution in [-0.2, 0) is 6.54 Å². The van der Waals surface area contributed by atoms with Crippen molar-refractivity contribution in [3.05, 3.63) is 17.3 Å². The maximum atomic E-state index is 9.00. The third-order valence-corrected chi connectivity index (χ3v) is 3.95. The normalized spacial score (nSPS) is 13.5. The predicted molar refractivity (Wildman–Crippen MR) is 63.4 cm³/mol. The standard InChI is InChI=1S/C9H13N3OS2/c1-6(5-13)15-8-7(4-10)12-2-3-14-9(12)11-8/h2-3,6,13H,4-5,10H2,1H3. The van der Waals surface area contributed by atoms with Gasteiger partial charge in [-0.15, -0.1) is 11.3 Å². The highest BCUT2D eigenvalue weighted by Gasteiger charge is 2.14. The Kier molecular flexibility index (Phi) is 3.30. The van der Waals surface area contributed by atoms with E-state index in [0.717, 1.165) is 15.7 Å². The van der Waals surface area contributed by atoms with E-state index in [2.05, 4.69) is 4.98 Å². The smallest absolute Gasteiger partial charge is 0.194 e. The van der Waals surface area contributed by atoms with Crippen molar-refractivity contribution in [1.29, 1.82) is 0 Å². The van der Waals surface area contributed by atoms with Gasteiger partial charge < -0.3 is 10.8 Å². The fourth-order valence-corrected chi connectivity index (χ4v) is 3.02. The Balaban J connectivity index is 2.37. The molecule has 0 saturated carbocycles. The lowest BCUT2D eigenvalue weighted by Gasteiger charge is -2.06. The quantitative estimate of drug-likeness (QED) is 0.795. The number of hydrogen-bond donors (Lipinski definition) is 2. The highest BCUT2D eigenvalue weighted by atomic mass is 32.2. The number of aromatic nitrogens is 2. The zero-order valence-electron chi connectivity index (χ0n) is 8.38. The first kappa shape index (κ1) is 10.9. The molecule has 0 spiro atoms. The minimum atomic E-state index is 0.153. The summed E-state index contributed by atoms with van der Waals surface area (Å²) in [6.45, 7) is 2.59. The van der Waals surface area contributed by atoms with Crippen LogP contribution in [0.15, 0.2) is 16.6 Å². The monoisotopic (exact) mass is 243 g/mol. The highest BCUT2D eigenvalue weighted by Crippen LogP contribution is 2.28. The topological polar surface area (TPSA) is 63.5 Å². The molecule has 2 heterocycles. The third-order valence-electron chi connectivity index (χ3n) is 2.09. The van der Waals surface area contributed by atoms with Crippen LogP contribution in [0.3, 0.4) is 0 Å². The molecule has 2 aromatic heterocycles. The molecule has 4 nitrogen and oxygen atoms in total. The number of rotatable bonds is 4. The molecular weight excluding hydrogens is 230 g/mol. The summed E-state index contributed by atoms with van der Waals surface area (Å²) < 4.78 is 2.01. The minimum absolute atomic E-state index is 0.153. The van der Waals surface area contributed by atoms with Gasteiger partial charge in [-0.3, -0.25) is 4.40 Å². The van der Waals surface area contributed by atoms with Gasteiger partial charge in [-0.25, -0.2) is 4.98 Å². The number of aliphatic hydroxyl groups excluding tert-OH is 1. The molecule has 0 aliphatic rings. The van der Waals surface area contributed by atoms with E-state index in [9.17, 15) is 0 Å². The zero-order chi connectivity index (χ0) is 10.8. The Hall–Kier alpha value is -0.560. The first-order valence-electron chi connectivity index (χ1n) is 4.68. The summed E-state index contributed by atoms with van der Waals surface area (Å²) in [6, 6.07) is 0. The SMILES string of the molecule is CC(CO)Sc1nc2sccn2c1CN. The van der Waals surface area contributed by atoms with Crippen LogP contribution in [0.1, 0.15) is 12.6 Å². The molecule has 3 N–H and O–H groups in total. The molecule has 15 heavy (non-hydrogen) atoms. The van der Waals surface area contributed by atoms with E-state index in [1.54, 1.807) is 23.1 Å². The van der Waals surface area contributed by atoms with Crippen molar-refractivity contribution in [1.82, 2.24) is 9.38 Å². The first-order valence-corrected chi connectivity index (χ1v) is 6.44. The van der Waals surface area contributed by atoms with Crippen molar-refractivity contribution in [2.24, 2.45) is 5.73 Å². The second kappa shape index (κ2) is 4.52. The zero-order valence-corrected chi connectivity index (χ0v) is 10.0. The summed E-state index contributed by atoms with van der Waals surface area (Å²) in [4.78, 5) is 5.45. The van der Waals surface area contributed by atoms with Crippen molar-refractivity contribution in [3.8, 4) is 0 Å². The Morgan fingerprint density at radius 2 is 2.53 bits per heavy atom. The van der Waals surface area contributed by atoms with Gasteiger partial charge in [0.2, 0.25) is 0 Å². The van der Waals surface area contributed by atoms with E-state index in [0.29, 0.717) is 6.54 Å². The Morgan fingerprint density at radius 1 is 1.73 bits per heavy atom. The fourth-order valence-electron chi connectivity index (χ4n) is 1.32. The number of thioether (sulfide) groups is 1. The van der Waals surface area contributed by atoms with Crippen LogP contribution in [0.4, 0.5) is 0 Å². The lowest BCUT2D eigenvalue weighted by molar-refractivity contribution is 0.300. The second-order valence-corrected chi connectivity index (χ2v) is 5.53. The number of hydrogen-bond acceptors (Lipinski definition) is 5. The van der Waals surface area contributed by atoms with Gasteiger partial charge in [-0.05, 0) is 0 Å². The number of aliphatic hydroxyl groups is 1. The van der Waals surface area contributed by atoms with Gasteiger partial charge in [0.05, 0.1) is 12.3 Å². The predicted octanol–water partition coefficient (Wildman–Crippen LogP) is 1.33. The maximum Gasteiger partial charge on any atom is 0.194 e. The number of thiazole rings is 1. The molecule has 0 amide bonds. The summed E-state index contributed by atoms with van der Waals surface area (Å²) >= 11 is 3.16. The molecule has 0 fully saturated rings. The van der Waals surface area contributed by atoms with Gasteiger partial charge in [0.25, 0.3) is 0 Å². The Bertz CT molecular complexity index is 451. The van der Waals surface area contributed by atoms with Gasteiger partial charge >= 0.3 is 0 Å². The average Bonchev–Trinajstić information content (AvgIpc) is 2.77. The summed E-state index contributed by atoms with van der Waals surface area (Å²) in [6.07, 6.45) is 1.98. The van der Waals surface area contributed by atoms with Crippen LogP contribution in [-0.4, -0.2) is 26.3 Å². The van der Waals surface area contributed by atoms with E-state index in [-0.39, 0.29) is 11.9 Å². The molecule has 0 saturated heterocycles. The first-order chi connectivity index (χ1) is 7.26. The lowest BCUT2D eigenvalue weighted by Crippen LogP contribution is -2.05. The third kappa shape index (κ3) is 2.03. The summed E-state index contributed by atoms with van der Waals surface area (Å²) in [5, 5.41) is 12.1. The molecule has 2 aromatic rings. The van der Waals surface area contributed by atoms with Gasteiger partial charge in [0.1, 0.15) is 5.03 Å². The van der Waals surface area contributed by atoms with Crippen molar-refractivity contribution >= 4 is 28.1 Å². The van der Waals surface area contributed by atoms with Crippen LogP contribution in [0.25, 0.3) is 4.96 Å². The average molecular weight is 243 g/mol. The number of nitrogens with zero attached hydrogens (tertiary/aromatic N) is 2. The number of nitrogens with two attached hydrogens (primary N) is 1. The van der Waals surface area contributed by atoms with Crippen LogP contribution in [0, 0.1) is 0 Å². The molecule has 0 radical (unpaired) electrons. The van der Waals surface area contributed by atoms with E-state index in [1.807, 2.05) is 22.9 Å².